The van der Waals surface area contributed by atoms with Gasteiger partial charge in [-0.15, -0.1) is 18.3 Å². The number of Topliss-reactive ketones (excluding diaryl/α,β-unsaturated/α-hetero) is 2. The number of fused-ring (bicyclic) bond motifs is 1. The quantitative estimate of drug-likeness (QED) is 0.372. The van der Waals surface area contributed by atoms with E-state index in [2.05, 4.69) is 30.6 Å². The summed E-state index contributed by atoms with van der Waals surface area (Å²) in [6.45, 7) is 7.15. The molecule has 2 aromatic rings. The lowest BCUT2D eigenvalue weighted by Gasteiger charge is -2.24. The maximum absolute atomic E-state index is 13.4. The number of carbonyl (C=O) groups is 2. The van der Waals surface area contributed by atoms with Crippen LogP contribution < -0.4 is 0 Å². The second kappa shape index (κ2) is 11.8. The van der Waals surface area contributed by atoms with Crippen molar-refractivity contribution in [3.05, 3.63) is 71.3 Å². The van der Waals surface area contributed by atoms with Crippen molar-refractivity contribution in [2.75, 3.05) is 19.6 Å². The molecule has 3 nitrogen and oxygen atoms in total. The van der Waals surface area contributed by atoms with Gasteiger partial charge in [0.25, 0.3) is 0 Å². The molecule has 0 unspecified atom stereocenters. The van der Waals surface area contributed by atoms with E-state index in [1.165, 1.54) is 0 Å². The van der Waals surface area contributed by atoms with Crippen LogP contribution in [0.5, 0.6) is 0 Å². The molecule has 0 heterocycles. The number of unbranched alkanes of at least 4 members (excludes halogenated alkanes) is 2. The maximum Gasteiger partial charge on any atom is 0.182 e. The van der Waals surface area contributed by atoms with Crippen molar-refractivity contribution in [3.8, 4) is 11.8 Å². The maximum atomic E-state index is 13.4. The lowest BCUT2D eigenvalue weighted by atomic mass is 9.73. The normalized spacial score (nSPS) is 14.0. The van der Waals surface area contributed by atoms with Crippen LogP contribution in [0.4, 0.5) is 0 Å². The number of benzene rings is 2. The molecule has 1 aliphatic carbocycles. The SMILES string of the molecule is CCCCN(CC#CCC1(c2ccccc2)C(=O)c2ccccc2C1=O)CCCC.Cl. The number of nitrogens with zero attached hydrogens (tertiary/aromatic N) is 1. The third kappa shape index (κ3) is 5.26. The van der Waals surface area contributed by atoms with Gasteiger partial charge in [0.1, 0.15) is 5.41 Å². The van der Waals surface area contributed by atoms with Crippen molar-refractivity contribution in [1.82, 2.24) is 4.90 Å². The van der Waals surface area contributed by atoms with E-state index in [0.717, 1.165) is 44.3 Å². The summed E-state index contributed by atoms with van der Waals surface area (Å²) in [7, 11) is 0. The van der Waals surface area contributed by atoms with E-state index in [4.69, 9.17) is 0 Å². The standard InChI is InChI=1S/C27H31NO2.ClH/c1-3-5-19-28(20-6-4-2)21-13-12-18-27(22-14-8-7-9-15-22)25(29)23-16-10-11-17-24(23)26(27)30;/h7-11,14-17H,3-6,18-21H2,1-2H3;1H. The van der Waals surface area contributed by atoms with E-state index in [0.29, 0.717) is 17.7 Å². The first-order valence-corrected chi connectivity index (χ1v) is 11.1. The van der Waals surface area contributed by atoms with E-state index < -0.39 is 5.41 Å². The van der Waals surface area contributed by atoms with Gasteiger partial charge < -0.3 is 0 Å². The fourth-order valence-corrected chi connectivity index (χ4v) is 4.09. The fourth-order valence-electron chi connectivity index (χ4n) is 4.09. The Balaban J connectivity index is 0.00000341. The highest BCUT2D eigenvalue weighted by Gasteiger charge is 2.53. The van der Waals surface area contributed by atoms with Crippen LogP contribution in [-0.2, 0) is 5.41 Å². The molecule has 3 rings (SSSR count). The van der Waals surface area contributed by atoms with Crippen molar-refractivity contribution < 1.29 is 9.59 Å². The van der Waals surface area contributed by atoms with Crippen LogP contribution in [-0.4, -0.2) is 36.1 Å². The van der Waals surface area contributed by atoms with Gasteiger partial charge in [0.2, 0.25) is 0 Å². The minimum absolute atomic E-state index is 0. The molecule has 0 atom stereocenters. The van der Waals surface area contributed by atoms with Gasteiger partial charge in [0, 0.05) is 17.5 Å². The molecule has 0 fully saturated rings. The summed E-state index contributed by atoms with van der Waals surface area (Å²) in [4.78, 5) is 29.3. The van der Waals surface area contributed by atoms with Crippen LogP contribution in [0.3, 0.4) is 0 Å². The Kier molecular flexibility index (Phi) is 9.49. The zero-order valence-corrected chi connectivity index (χ0v) is 19.3. The van der Waals surface area contributed by atoms with Gasteiger partial charge in [0.05, 0.1) is 6.54 Å². The van der Waals surface area contributed by atoms with Crippen molar-refractivity contribution in [1.29, 1.82) is 0 Å². The summed E-state index contributed by atoms with van der Waals surface area (Å²) in [6.07, 6.45) is 4.86. The lowest BCUT2D eigenvalue weighted by molar-refractivity contribution is 0.0797. The van der Waals surface area contributed by atoms with Gasteiger partial charge in [-0.1, -0.05) is 87.2 Å². The molecule has 31 heavy (non-hydrogen) atoms. The molecule has 164 valence electrons. The van der Waals surface area contributed by atoms with Crippen LogP contribution in [0.2, 0.25) is 0 Å². The highest BCUT2D eigenvalue weighted by molar-refractivity contribution is 6.33. The zero-order chi connectivity index (χ0) is 21.4. The van der Waals surface area contributed by atoms with E-state index in [-0.39, 0.29) is 30.4 Å². The predicted octanol–water partition coefficient (Wildman–Crippen LogP) is 5.72. The van der Waals surface area contributed by atoms with E-state index in [1.807, 2.05) is 42.5 Å². The fraction of sp³-hybridized carbons (Fsp3) is 0.407. The summed E-state index contributed by atoms with van der Waals surface area (Å²) in [5, 5.41) is 0. The Morgan fingerprint density at radius 3 is 1.81 bits per heavy atom. The monoisotopic (exact) mass is 437 g/mol. The summed E-state index contributed by atoms with van der Waals surface area (Å²) in [5.41, 5.74) is 0.538. The van der Waals surface area contributed by atoms with E-state index in [9.17, 15) is 9.59 Å². The molecule has 0 radical (unpaired) electrons. The number of halogens is 1. The van der Waals surface area contributed by atoms with Gasteiger partial charge >= 0.3 is 0 Å². The highest BCUT2D eigenvalue weighted by atomic mass is 35.5. The Morgan fingerprint density at radius 2 is 1.29 bits per heavy atom. The number of rotatable bonds is 9. The summed E-state index contributed by atoms with van der Waals surface area (Å²) in [5.74, 6) is 6.22. The minimum atomic E-state index is -1.23. The average molecular weight is 438 g/mol. The van der Waals surface area contributed by atoms with Gasteiger partial charge in [0.15, 0.2) is 11.6 Å². The molecule has 0 N–H and O–H groups in total. The molecule has 0 bridgehead atoms. The Hall–Kier alpha value is -2.41. The van der Waals surface area contributed by atoms with Crippen LogP contribution in [0.1, 0.15) is 72.2 Å². The molecule has 0 saturated carbocycles. The van der Waals surface area contributed by atoms with Crippen LogP contribution in [0.15, 0.2) is 54.6 Å². The predicted molar refractivity (Wildman–Crippen MR) is 129 cm³/mol. The largest absolute Gasteiger partial charge is 0.293 e. The first-order chi connectivity index (χ1) is 14.6. The third-order valence-corrected chi connectivity index (χ3v) is 5.90. The molecular weight excluding hydrogens is 406 g/mol. The van der Waals surface area contributed by atoms with Gasteiger partial charge in [-0.05, 0) is 31.5 Å². The van der Waals surface area contributed by atoms with Crippen molar-refractivity contribution >= 4 is 24.0 Å². The molecule has 4 heteroatoms. The topological polar surface area (TPSA) is 37.4 Å². The molecule has 2 aromatic carbocycles. The number of carbonyl (C=O) groups excluding carboxylic acids is 2. The Morgan fingerprint density at radius 1 is 0.774 bits per heavy atom. The van der Waals surface area contributed by atoms with Crippen LogP contribution >= 0.6 is 12.4 Å². The zero-order valence-electron chi connectivity index (χ0n) is 18.5. The van der Waals surface area contributed by atoms with Crippen molar-refractivity contribution in [2.45, 2.75) is 51.4 Å². The number of hydrogen-bond acceptors (Lipinski definition) is 3. The van der Waals surface area contributed by atoms with Crippen LogP contribution in [0.25, 0.3) is 0 Å². The Bertz CT molecular complexity index is 899. The lowest BCUT2D eigenvalue weighted by Crippen LogP contribution is -2.38. The molecule has 0 spiro atoms. The summed E-state index contributed by atoms with van der Waals surface area (Å²) < 4.78 is 0. The van der Waals surface area contributed by atoms with Gasteiger partial charge in [-0.3, -0.25) is 14.5 Å². The number of hydrogen-bond donors (Lipinski definition) is 0. The second-order valence-corrected chi connectivity index (χ2v) is 7.99. The first kappa shape index (κ1) is 24.9. The Labute approximate surface area is 192 Å². The summed E-state index contributed by atoms with van der Waals surface area (Å²) >= 11 is 0. The molecule has 0 saturated heterocycles. The third-order valence-electron chi connectivity index (χ3n) is 5.90. The second-order valence-electron chi connectivity index (χ2n) is 7.99. The molecular formula is C27H32ClNO2. The molecule has 0 aliphatic heterocycles. The smallest absolute Gasteiger partial charge is 0.182 e. The minimum Gasteiger partial charge on any atom is -0.293 e. The van der Waals surface area contributed by atoms with Crippen LogP contribution in [0, 0.1) is 11.8 Å². The summed E-state index contributed by atoms with van der Waals surface area (Å²) in [6, 6.07) is 16.5. The van der Waals surface area contributed by atoms with E-state index >= 15 is 0 Å². The van der Waals surface area contributed by atoms with Crippen molar-refractivity contribution in [2.24, 2.45) is 0 Å². The highest BCUT2D eigenvalue weighted by Crippen LogP contribution is 2.42. The number of ketones is 2. The van der Waals surface area contributed by atoms with Gasteiger partial charge in [-0.2, -0.15) is 0 Å². The molecule has 1 aliphatic rings. The molecule has 0 amide bonds. The first-order valence-electron chi connectivity index (χ1n) is 11.1. The average Bonchev–Trinajstić information content (AvgIpc) is 3.01. The van der Waals surface area contributed by atoms with Gasteiger partial charge in [-0.25, -0.2) is 0 Å². The van der Waals surface area contributed by atoms with E-state index in [1.54, 1.807) is 12.1 Å². The molecule has 0 aromatic heterocycles. The van der Waals surface area contributed by atoms with Crippen molar-refractivity contribution in [3.63, 3.8) is 0 Å².